The van der Waals surface area contributed by atoms with Crippen LogP contribution in [0.5, 0.6) is 0 Å². The zero-order chi connectivity index (χ0) is 10.8. The number of hydrogen-bond donors (Lipinski definition) is 1. The van der Waals surface area contributed by atoms with E-state index in [-0.39, 0.29) is 5.28 Å². The Morgan fingerprint density at radius 3 is 2.87 bits per heavy atom. The quantitative estimate of drug-likeness (QED) is 0.813. The van der Waals surface area contributed by atoms with Crippen molar-refractivity contribution < 1.29 is 0 Å². The molecule has 1 aliphatic carbocycles. The topological polar surface area (TPSA) is 37.8 Å². The van der Waals surface area contributed by atoms with Crippen LogP contribution in [0, 0.1) is 5.92 Å². The molecule has 1 heterocycles. The molecule has 0 spiro atoms. The average Bonchev–Trinajstić information content (AvgIpc) is 2.58. The minimum Gasteiger partial charge on any atom is -0.366 e. The lowest BCUT2D eigenvalue weighted by Crippen LogP contribution is -2.16. The smallest absolute Gasteiger partial charge is 0.224 e. The van der Waals surface area contributed by atoms with Crippen molar-refractivity contribution in [2.45, 2.75) is 32.2 Å². The van der Waals surface area contributed by atoms with Gasteiger partial charge < -0.3 is 5.32 Å². The molecule has 1 fully saturated rings. The minimum absolute atomic E-state index is 0.230. The standard InChI is InChI=1S/C10H13Cl2N3/c1-6-2-3-7(4-6)14-9-8(11)5-13-10(12)15-9/h5-7H,2-4H2,1H3,(H,13,14,15)/t6-,7?/m0/s1. The summed E-state index contributed by atoms with van der Waals surface area (Å²) >= 11 is 11.7. The van der Waals surface area contributed by atoms with Crippen LogP contribution in [0.2, 0.25) is 10.3 Å². The van der Waals surface area contributed by atoms with E-state index in [1.165, 1.54) is 19.0 Å². The second-order valence-electron chi connectivity index (χ2n) is 4.10. The average molecular weight is 246 g/mol. The van der Waals surface area contributed by atoms with Crippen LogP contribution in [0.25, 0.3) is 0 Å². The van der Waals surface area contributed by atoms with Crippen LogP contribution in [-0.4, -0.2) is 16.0 Å². The van der Waals surface area contributed by atoms with E-state index in [0.29, 0.717) is 16.9 Å². The fourth-order valence-electron chi connectivity index (χ4n) is 1.98. The number of nitrogens with zero attached hydrogens (tertiary/aromatic N) is 2. The first-order valence-electron chi connectivity index (χ1n) is 5.09. The van der Waals surface area contributed by atoms with Crippen molar-refractivity contribution in [1.82, 2.24) is 9.97 Å². The van der Waals surface area contributed by atoms with Gasteiger partial charge in [-0.1, -0.05) is 18.5 Å². The molecular weight excluding hydrogens is 233 g/mol. The van der Waals surface area contributed by atoms with Crippen LogP contribution in [0.15, 0.2) is 6.20 Å². The first kappa shape index (κ1) is 11.0. The lowest BCUT2D eigenvalue weighted by molar-refractivity contribution is 0.602. The van der Waals surface area contributed by atoms with E-state index in [9.17, 15) is 0 Å². The molecule has 0 bridgehead atoms. The molecule has 1 N–H and O–H groups in total. The van der Waals surface area contributed by atoms with E-state index in [1.807, 2.05) is 0 Å². The molecule has 0 amide bonds. The Morgan fingerprint density at radius 1 is 1.40 bits per heavy atom. The molecule has 1 aliphatic rings. The van der Waals surface area contributed by atoms with E-state index in [1.54, 1.807) is 0 Å². The summed E-state index contributed by atoms with van der Waals surface area (Å²) in [5.74, 6) is 1.43. The van der Waals surface area contributed by atoms with Gasteiger partial charge in [-0.3, -0.25) is 0 Å². The fraction of sp³-hybridized carbons (Fsp3) is 0.600. The predicted octanol–water partition coefficient (Wildman–Crippen LogP) is 3.38. The molecule has 0 aliphatic heterocycles. The maximum absolute atomic E-state index is 5.96. The van der Waals surface area contributed by atoms with Gasteiger partial charge in [-0.15, -0.1) is 0 Å². The van der Waals surface area contributed by atoms with Crippen LogP contribution in [0.4, 0.5) is 5.82 Å². The number of aromatic nitrogens is 2. The van der Waals surface area contributed by atoms with Gasteiger partial charge in [0.1, 0.15) is 10.8 Å². The molecule has 1 saturated carbocycles. The molecule has 0 saturated heterocycles. The van der Waals surface area contributed by atoms with Gasteiger partial charge in [0, 0.05) is 6.04 Å². The van der Waals surface area contributed by atoms with Gasteiger partial charge in [-0.25, -0.2) is 4.98 Å². The van der Waals surface area contributed by atoms with Crippen molar-refractivity contribution in [2.24, 2.45) is 5.92 Å². The molecule has 15 heavy (non-hydrogen) atoms. The van der Waals surface area contributed by atoms with Crippen molar-refractivity contribution in [3.8, 4) is 0 Å². The summed E-state index contributed by atoms with van der Waals surface area (Å²) in [6.07, 6.45) is 5.11. The van der Waals surface area contributed by atoms with Crippen molar-refractivity contribution in [2.75, 3.05) is 5.32 Å². The predicted molar refractivity (Wildman–Crippen MR) is 62.5 cm³/mol. The lowest BCUT2D eigenvalue weighted by atomic mass is 10.1. The number of anilines is 1. The van der Waals surface area contributed by atoms with Crippen molar-refractivity contribution in [1.29, 1.82) is 0 Å². The van der Waals surface area contributed by atoms with Gasteiger partial charge in [-0.2, -0.15) is 4.98 Å². The van der Waals surface area contributed by atoms with E-state index in [4.69, 9.17) is 23.2 Å². The number of nitrogens with one attached hydrogen (secondary N) is 1. The fourth-order valence-corrected chi connectivity index (χ4v) is 2.26. The van der Waals surface area contributed by atoms with Gasteiger partial charge >= 0.3 is 0 Å². The second kappa shape index (κ2) is 4.54. The van der Waals surface area contributed by atoms with Gasteiger partial charge in [0.15, 0.2) is 0 Å². The second-order valence-corrected chi connectivity index (χ2v) is 4.84. The Labute approximate surface area is 99.2 Å². The Balaban J connectivity index is 2.07. The monoisotopic (exact) mass is 245 g/mol. The van der Waals surface area contributed by atoms with E-state index in [2.05, 4.69) is 22.2 Å². The Kier molecular flexibility index (Phi) is 3.32. The van der Waals surface area contributed by atoms with Gasteiger partial charge in [-0.05, 0) is 36.8 Å². The highest BCUT2D eigenvalue weighted by Crippen LogP contribution is 2.29. The largest absolute Gasteiger partial charge is 0.366 e. The summed E-state index contributed by atoms with van der Waals surface area (Å²) in [5.41, 5.74) is 0. The van der Waals surface area contributed by atoms with Crippen LogP contribution < -0.4 is 5.32 Å². The highest BCUT2D eigenvalue weighted by atomic mass is 35.5. The highest BCUT2D eigenvalue weighted by Gasteiger charge is 2.22. The first-order chi connectivity index (χ1) is 7.15. The normalized spacial score (nSPS) is 25.5. The van der Waals surface area contributed by atoms with E-state index in [0.717, 1.165) is 12.3 Å². The van der Waals surface area contributed by atoms with Crippen molar-refractivity contribution in [3.05, 3.63) is 16.5 Å². The van der Waals surface area contributed by atoms with Crippen molar-refractivity contribution in [3.63, 3.8) is 0 Å². The maximum atomic E-state index is 5.96. The summed E-state index contributed by atoms with van der Waals surface area (Å²) < 4.78 is 0. The van der Waals surface area contributed by atoms with Gasteiger partial charge in [0.05, 0.1) is 6.20 Å². The molecule has 1 unspecified atom stereocenters. The maximum Gasteiger partial charge on any atom is 0.224 e. The zero-order valence-corrected chi connectivity index (χ0v) is 10.0. The van der Waals surface area contributed by atoms with Crippen LogP contribution in [0.1, 0.15) is 26.2 Å². The summed E-state index contributed by atoms with van der Waals surface area (Å²) in [6.45, 7) is 2.26. The van der Waals surface area contributed by atoms with Crippen LogP contribution in [0.3, 0.4) is 0 Å². The van der Waals surface area contributed by atoms with E-state index >= 15 is 0 Å². The Hall–Kier alpha value is -0.540. The third kappa shape index (κ3) is 2.73. The first-order valence-corrected chi connectivity index (χ1v) is 5.85. The molecule has 0 radical (unpaired) electrons. The minimum atomic E-state index is 0.230. The summed E-state index contributed by atoms with van der Waals surface area (Å²) in [5, 5.41) is 4.07. The number of halogens is 2. The van der Waals surface area contributed by atoms with Crippen LogP contribution in [-0.2, 0) is 0 Å². The third-order valence-corrected chi connectivity index (χ3v) is 3.21. The molecule has 3 nitrogen and oxygen atoms in total. The molecule has 1 aromatic rings. The Bertz CT molecular complexity index is 357. The summed E-state index contributed by atoms with van der Waals surface area (Å²) in [4.78, 5) is 7.88. The summed E-state index contributed by atoms with van der Waals surface area (Å²) in [6, 6.07) is 0.462. The number of hydrogen-bond acceptors (Lipinski definition) is 3. The van der Waals surface area contributed by atoms with Crippen LogP contribution >= 0.6 is 23.2 Å². The molecular formula is C10H13Cl2N3. The van der Waals surface area contributed by atoms with Crippen molar-refractivity contribution >= 4 is 29.0 Å². The lowest BCUT2D eigenvalue weighted by Gasteiger charge is -2.13. The molecule has 82 valence electrons. The third-order valence-electron chi connectivity index (χ3n) is 2.75. The molecule has 0 aromatic carbocycles. The molecule has 2 atom stereocenters. The zero-order valence-electron chi connectivity index (χ0n) is 8.50. The van der Waals surface area contributed by atoms with Gasteiger partial charge in [0.25, 0.3) is 0 Å². The summed E-state index contributed by atoms with van der Waals surface area (Å²) in [7, 11) is 0. The Morgan fingerprint density at radius 2 is 2.20 bits per heavy atom. The van der Waals surface area contributed by atoms with E-state index < -0.39 is 0 Å². The SMILES string of the molecule is C[C@H]1CCC(Nc2nc(Cl)ncc2Cl)C1. The molecule has 5 heteroatoms. The highest BCUT2D eigenvalue weighted by molar-refractivity contribution is 6.33. The molecule has 2 rings (SSSR count). The van der Waals surface area contributed by atoms with Gasteiger partial charge in [0.2, 0.25) is 5.28 Å². The molecule has 1 aromatic heterocycles. The number of rotatable bonds is 2.